The van der Waals surface area contributed by atoms with E-state index in [0.29, 0.717) is 5.56 Å². The fraction of sp³-hybridized carbons (Fsp3) is 0.300. The first kappa shape index (κ1) is 12.9. The monoisotopic (exact) mass is 215 g/mol. The maximum Gasteiger partial charge on any atom is 0.325 e. The van der Waals surface area contributed by atoms with Crippen LogP contribution in [0.2, 0.25) is 0 Å². The highest BCUT2D eigenvalue weighted by atomic mass is 35.5. The van der Waals surface area contributed by atoms with Gasteiger partial charge in [0, 0.05) is 0 Å². The fourth-order valence-electron chi connectivity index (χ4n) is 1.31. The third-order valence-electron chi connectivity index (χ3n) is 2.03. The van der Waals surface area contributed by atoms with Crippen LogP contribution in [0.1, 0.15) is 22.7 Å². The molecule has 0 heterocycles. The van der Waals surface area contributed by atoms with Gasteiger partial charge in [-0.25, -0.2) is 0 Å². The number of aryl methyl sites for hydroxylation is 2. The van der Waals surface area contributed by atoms with E-state index in [4.69, 9.17) is 10.8 Å². The van der Waals surface area contributed by atoms with Crippen molar-refractivity contribution in [2.45, 2.75) is 19.9 Å². The molecule has 0 aliphatic heterocycles. The van der Waals surface area contributed by atoms with E-state index in [1.165, 1.54) is 0 Å². The van der Waals surface area contributed by atoms with Crippen LogP contribution in [0.5, 0.6) is 0 Å². The molecule has 4 heteroatoms. The van der Waals surface area contributed by atoms with Gasteiger partial charge in [-0.2, -0.15) is 0 Å². The minimum absolute atomic E-state index is 0. The van der Waals surface area contributed by atoms with Gasteiger partial charge in [-0.15, -0.1) is 12.4 Å². The van der Waals surface area contributed by atoms with Gasteiger partial charge in [-0.3, -0.25) is 4.79 Å². The van der Waals surface area contributed by atoms with E-state index in [2.05, 4.69) is 0 Å². The van der Waals surface area contributed by atoms with Crippen LogP contribution in [0.15, 0.2) is 18.2 Å². The number of carbonyl (C=O) groups is 1. The van der Waals surface area contributed by atoms with E-state index in [1.807, 2.05) is 26.0 Å². The molecule has 0 radical (unpaired) electrons. The van der Waals surface area contributed by atoms with E-state index in [-0.39, 0.29) is 12.4 Å². The van der Waals surface area contributed by atoms with E-state index in [1.54, 1.807) is 6.07 Å². The van der Waals surface area contributed by atoms with Gasteiger partial charge in [-0.1, -0.05) is 23.8 Å². The maximum absolute atomic E-state index is 10.6. The molecule has 78 valence electrons. The number of halogens is 1. The predicted octanol–water partition coefficient (Wildman–Crippen LogP) is 1.81. The Hall–Kier alpha value is -1.06. The Kier molecular flexibility index (Phi) is 4.60. The van der Waals surface area contributed by atoms with E-state index >= 15 is 0 Å². The van der Waals surface area contributed by atoms with Gasteiger partial charge in [0.25, 0.3) is 0 Å². The maximum atomic E-state index is 10.6. The van der Waals surface area contributed by atoms with Gasteiger partial charge in [-0.05, 0) is 25.0 Å². The normalized spacial score (nSPS) is 11.6. The van der Waals surface area contributed by atoms with Gasteiger partial charge < -0.3 is 10.8 Å². The third kappa shape index (κ3) is 2.72. The number of carboxylic acid groups (broad SMARTS) is 1. The van der Waals surface area contributed by atoms with Crippen LogP contribution < -0.4 is 5.73 Å². The molecule has 0 bridgehead atoms. The van der Waals surface area contributed by atoms with Crippen molar-refractivity contribution in [3.63, 3.8) is 0 Å². The molecule has 0 saturated carbocycles. The Labute approximate surface area is 89.3 Å². The van der Waals surface area contributed by atoms with Crippen LogP contribution in [0.25, 0.3) is 0 Å². The fourth-order valence-corrected chi connectivity index (χ4v) is 1.31. The summed E-state index contributed by atoms with van der Waals surface area (Å²) in [6.07, 6.45) is 0. The average Bonchev–Trinajstić information content (AvgIpc) is 2.03. The molecule has 0 fully saturated rings. The number of carboxylic acids is 1. The van der Waals surface area contributed by atoms with Crippen molar-refractivity contribution in [2.75, 3.05) is 0 Å². The second-order valence-corrected chi connectivity index (χ2v) is 3.18. The highest BCUT2D eigenvalue weighted by molar-refractivity contribution is 5.85. The second kappa shape index (κ2) is 4.98. The van der Waals surface area contributed by atoms with Crippen LogP contribution in [-0.2, 0) is 4.79 Å². The molecular formula is C10H14ClNO2. The molecule has 3 N–H and O–H groups in total. The van der Waals surface area contributed by atoms with Crippen LogP contribution in [0.4, 0.5) is 0 Å². The lowest BCUT2D eigenvalue weighted by atomic mass is 10.00. The quantitative estimate of drug-likeness (QED) is 0.791. The zero-order chi connectivity index (χ0) is 10.0. The highest BCUT2D eigenvalue weighted by Gasteiger charge is 2.15. The smallest absolute Gasteiger partial charge is 0.325 e. The molecule has 1 atom stereocenters. The molecule has 0 unspecified atom stereocenters. The highest BCUT2D eigenvalue weighted by Crippen LogP contribution is 2.16. The molecule has 0 aliphatic carbocycles. The summed E-state index contributed by atoms with van der Waals surface area (Å²) in [6, 6.07) is 4.65. The Morgan fingerprint density at radius 2 is 2.00 bits per heavy atom. The summed E-state index contributed by atoms with van der Waals surface area (Å²) in [5, 5.41) is 8.70. The van der Waals surface area contributed by atoms with E-state index < -0.39 is 12.0 Å². The Morgan fingerprint density at radius 1 is 1.43 bits per heavy atom. The Bertz CT molecular complexity index is 339. The molecule has 0 spiro atoms. The standard InChI is InChI=1S/C10H13NO2.ClH/c1-6-3-4-8(7(2)5-6)9(11)10(12)13;/h3-5,9H,11H2,1-2H3,(H,12,13);1H/t9-;/m0./s1. The topological polar surface area (TPSA) is 63.3 Å². The van der Waals surface area contributed by atoms with Crippen LogP contribution in [0.3, 0.4) is 0 Å². The first-order chi connectivity index (χ1) is 6.02. The summed E-state index contributed by atoms with van der Waals surface area (Å²) in [7, 11) is 0. The third-order valence-corrected chi connectivity index (χ3v) is 2.03. The summed E-state index contributed by atoms with van der Waals surface area (Å²) < 4.78 is 0. The van der Waals surface area contributed by atoms with Gasteiger partial charge in [0.2, 0.25) is 0 Å². The zero-order valence-corrected chi connectivity index (χ0v) is 8.97. The van der Waals surface area contributed by atoms with Crippen LogP contribution in [-0.4, -0.2) is 11.1 Å². The molecule has 14 heavy (non-hydrogen) atoms. The SMILES string of the molecule is Cc1ccc([C@H](N)C(=O)O)c(C)c1.Cl. The number of benzene rings is 1. The number of aliphatic carboxylic acids is 1. The minimum Gasteiger partial charge on any atom is -0.480 e. The molecular weight excluding hydrogens is 202 g/mol. The molecule has 0 saturated heterocycles. The van der Waals surface area contributed by atoms with E-state index in [9.17, 15) is 4.79 Å². The van der Waals surface area contributed by atoms with Crippen molar-refractivity contribution in [1.29, 1.82) is 0 Å². The minimum atomic E-state index is -0.994. The van der Waals surface area contributed by atoms with Crippen molar-refractivity contribution in [2.24, 2.45) is 5.73 Å². The van der Waals surface area contributed by atoms with Gasteiger partial charge in [0.15, 0.2) is 0 Å². The molecule has 1 aromatic carbocycles. The van der Waals surface area contributed by atoms with Crippen molar-refractivity contribution in [1.82, 2.24) is 0 Å². The first-order valence-corrected chi connectivity index (χ1v) is 4.08. The van der Waals surface area contributed by atoms with Gasteiger partial charge in [0.05, 0.1) is 0 Å². The van der Waals surface area contributed by atoms with Gasteiger partial charge in [0.1, 0.15) is 6.04 Å². The van der Waals surface area contributed by atoms with Crippen LogP contribution in [0, 0.1) is 13.8 Å². The summed E-state index contributed by atoms with van der Waals surface area (Å²) >= 11 is 0. The lowest BCUT2D eigenvalue weighted by molar-refractivity contribution is -0.138. The number of rotatable bonds is 2. The average molecular weight is 216 g/mol. The second-order valence-electron chi connectivity index (χ2n) is 3.18. The largest absolute Gasteiger partial charge is 0.480 e. The van der Waals surface area contributed by atoms with Crippen LogP contribution >= 0.6 is 12.4 Å². The lowest BCUT2D eigenvalue weighted by Crippen LogP contribution is -2.21. The van der Waals surface area contributed by atoms with Crippen molar-refractivity contribution >= 4 is 18.4 Å². The van der Waals surface area contributed by atoms with Crippen molar-refractivity contribution in [3.8, 4) is 0 Å². The number of hydrogen-bond acceptors (Lipinski definition) is 2. The molecule has 1 rings (SSSR count). The lowest BCUT2D eigenvalue weighted by Gasteiger charge is -2.10. The molecule has 3 nitrogen and oxygen atoms in total. The van der Waals surface area contributed by atoms with Crippen molar-refractivity contribution in [3.05, 3.63) is 34.9 Å². The predicted molar refractivity (Wildman–Crippen MR) is 57.7 cm³/mol. The number of nitrogens with two attached hydrogens (primary N) is 1. The molecule has 1 aromatic rings. The molecule has 0 aromatic heterocycles. The summed E-state index contributed by atoms with van der Waals surface area (Å²) in [4.78, 5) is 10.6. The molecule has 0 amide bonds. The zero-order valence-electron chi connectivity index (χ0n) is 8.15. The first-order valence-electron chi connectivity index (χ1n) is 4.08. The summed E-state index contributed by atoms with van der Waals surface area (Å²) in [5.74, 6) is -0.994. The van der Waals surface area contributed by atoms with Crippen molar-refractivity contribution < 1.29 is 9.90 Å². The Morgan fingerprint density at radius 3 is 2.43 bits per heavy atom. The van der Waals surface area contributed by atoms with Gasteiger partial charge >= 0.3 is 5.97 Å². The summed E-state index contributed by atoms with van der Waals surface area (Å²) in [5.41, 5.74) is 8.20. The molecule has 0 aliphatic rings. The Balaban J connectivity index is 0.00000169. The number of hydrogen-bond donors (Lipinski definition) is 2. The van der Waals surface area contributed by atoms with E-state index in [0.717, 1.165) is 11.1 Å². The summed E-state index contributed by atoms with van der Waals surface area (Å²) in [6.45, 7) is 3.83.